The van der Waals surface area contributed by atoms with Gasteiger partial charge in [-0.05, 0) is 42.8 Å². The molecule has 0 aliphatic carbocycles. The fourth-order valence-corrected chi connectivity index (χ4v) is 2.39. The first-order valence-electron chi connectivity index (χ1n) is 5.78. The van der Waals surface area contributed by atoms with Crippen LogP contribution < -0.4 is 5.32 Å². The monoisotopic (exact) mass is 348 g/mol. The number of carbonyl (C=O) groups excluding carboxylic acids is 1. The third-order valence-corrected chi connectivity index (χ3v) is 3.53. The van der Waals surface area contributed by atoms with Crippen LogP contribution in [0.4, 0.5) is 5.69 Å². The zero-order valence-electron chi connectivity index (χ0n) is 10.6. The van der Waals surface area contributed by atoms with E-state index in [0.29, 0.717) is 21.8 Å². The van der Waals surface area contributed by atoms with Gasteiger partial charge in [-0.3, -0.25) is 4.79 Å². The molecule has 3 nitrogen and oxygen atoms in total. The van der Waals surface area contributed by atoms with Crippen LogP contribution in [0.15, 0.2) is 40.9 Å². The number of nitriles is 1. The lowest BCUT2D eigenvalue weighted by atomic mass is 10.1. The van der Waals surface area contributed by atoms with E-state index in [4.69, 9.17) is 16.9 Å². The highest BCUT2D eigenvalue weighted by Gasteiger charge is 2.12. The fourth-order valence-electron chi connectivity index (χ4n) is 1.71. The van der Waals surface area contributed by atoms with E-state index in [9.17, 15) is 4.79 Å². The predicted molar refractivity (Wildman–Crippen MR) is 83.0 cm³/mol. The zero-order chi connectivity index (χ0) is 14.7. The maximum Gasteiger partial charge on any atom is 0.257 e. The lowest BCUT2D eigenvalue weighted by molar-refractivity contribution is 0.102. The molecule has 0 fully saturated rings. The summed E-state index contributed by atoms with van der Waals surface area (Å²) in [5.74, 6) is -0.343. The first-order valence-corrected chi connectivity index (χ1v) is 6.95. The molecule has 2 rings (SSSR count). The second kappa shape index (κ2) is 6.08. The molecule has 2 aromatic rings. The Labute approximate surface area is 130 Å². The number of rotatable bonds is 2. The number of anilines is 1. The Balaban J connectivity index is 2.33. The summed E-state index contributed by atoms with van der Waals surface area (Å²) in [6.07, 6.45) is 0. The minimum absolute atomic E-state index is 0.343. The minimum atomic E-state index is -0.343. The van der Waals surface area contributed by atoms with Crippen molar-refractivity contribution >= 4 is 39.1 Å². The summed E-state index contributed by atoms with van der Waals surface area (Å²) >= 11 is 9.37. The highest BCUT2D eigenvalue weighted by atomic mass is 79.9. The fraction of sp³-hybridized carbons (Fsp3) is 0.0667. The molecule has 20 heavy (non-hydrogen) atoms. The molecule has 0 bridgehead atoms. The van der Waals surface area contributed by atoms with Gasteiger partial charge >= 0.3 is 0 Å². The van der Waals surface area contributed by atoms with E-state index in [1.807, 2.05) is 19.1 Å². The lowest BCUT2D eigenvalue weighted by Gasteiger charge is -2.09. The van der Waals surface area contributed by atoms with Crippen LogP contribution in [0.25, 0.3) is 0 Å². The minimum Gasteiger partial charge on any atom is -0.321 e. The number of nitrogens with one attached hydrogen (secondary N) is 1. The molecule has 0 radical (unpaired) electrons. The number of nitrogens with zero attached hydrogens (tertiary/aromatic N) is 1. The number of halogens is 2. The molecule has 0 aliphatic heterocycles. The molecule has 0 spiro atoms. The molecule has 100 valence electrons. The maximum absolute atomic E-state index is 12.2. The summed E-state index contributed by atoms with van der Waals surface area (Å²) in [6, 6.07) is 12.3. The third kappa shape index (κ3) is 3.19. The summed E-state index contributed by atoms with van der Waals surface area (Å²) in [7, 11) is 0. The average molecular weight is 350 g/mol. The van der Waals surface area contributed by atoms with Crippen molar-refractivity contribution in [3.63, 3.8) is 0 Å². The van der Waals surface area contributed by atoms with Gasteiger partial charge in [-0.2, -0.15) is 5.26 Å². The van der Waals surface area contributed by atoms with Crippen LogP contribution in [0.2, 0.25) is 5.02 Å². The Morgan fingerprint density at radius 2 is 2.05 bits per heavy atom. The second-order valence-electron chi connectivity index (χ2n) is 4.24. The van der Waals surface area contributed by atoms with Crippen molar-refractivity contribution in [1.29, 1.82) is 5.26 Å². The van der Waals surface area contributed by atoms with Gasteiger partial charge in [0.15, 0.2) is 0 Å². The van der Waals surface area contributed by atoms with Crippen molar-refractivity contribution in [2.75, 3.05) is 5.32 Å². The van der Waals surface area contributed by atoms with Gasteiger partial charge in [-0.25, -0.2) is 0 Å². The van der Waals surface area contributed by atoms with E-state index >= 15 is 0 Å². The van der Waals surface area contributed by atoms with Crippen molar-refractivity contribution < 1.29 is 4.79 Å². The van der Waals surface area contributed by atoms with Gasteiger partial charge in [-0.15, -0.1) is 0 Å². The summed E-state index contributed by atoms with van der Waals surface area (Å²) < 4.78 is 0.779. The van der Waals surface area contributed by atoms with Crippen molar-refractivity contribution in [3.05, 3.63) is 62.6 Å². The molecule has 0 unspecified atom stereocenters. The van der Waals surface area contributed by atoms with Gasteiger partial charge in [0.25, 0.3) is 5.91 Å². The quantitative estimate of drug-likeness (QED) is 0.865. The first kappa shape index (κ1) is 14.6. The van der Waals surface area contributed by atoms with Gasteiger partial charge in [0.1, 0.15) is 6.07 Å². The second-order valence-corrected chi connectivity index (χ2v) is 5.56. The van der Waals surface area contributed by atoms with E-state index in [2.05, 4.69) is 21.2 Å². The van der Waals surface area contributed by atoms with Gasteiger partial charge in [0.05, 0.1) is 21.8 Å². The largest absolute Gasteiger partial charge is 0.321 e. The highest BCUT2D eigenvalue weighted by Crippen LogP contribution is 2.23. The van der Waals surface area contributed by atoms with Gasteiger partial charge in [-0.1, -0.05) is 33.6 Å². The lowest BCUT2D eigenvalue weighted by Crippen LogP contribution is -2.13. The summed E-state index contributed by atoms with van der Waals surface area (Å²) in [5, 5.41) is 12.1. The molecule has 0 saturated carbocycles. The number of amides is 1. The first-order chi connectivity index (χ1) is 9.51. The van der Waals surface area contributed by atoms with Crippen molar-refractivity contribution in [1.82, 2.24) is 0 Å². The summed E-state index contributed by atoms with van der Waals surface area (Å²) in [4.78, 5) is 12.2. The Morgan fingerprint density at radius 3 is 2.70 bits per heavy atom. The topological polar surface area (TPSA) is 52.9 Å². The van der Waals surface area contributed by atoms with Crippen LogP contribution in [-0.4, -0.2) is 5.91 Å². The summed E-state index contributed by atoms with van der Waals surface area (Å²) in [6.45, 7) is 1.90. The van der Waals surface area contributed by atoms with E-state index < -0.39 is 0 Å². The van der Waals surface area contributed by atoms with Crippen molar-refractivity contribution in [3.8, 4) is 6.07 Å². The Morgan fingerprint density at radius 1 is 1.30 bits per heavy atom. The normalized spacial score (nSPS) is 9.90. The number of aryl methyl sites for hydroxylation is 1. The highest BCUT2D eigenvalue weighted by molar-refractivity contribution is 9.10. The smallest absolute Gasteiger partial charge is 0.257 e. The van der Waals surface area contributed by atoms with E-state index in [1.165, 1.54) is 0 Å². The van der Waals surface area contributed by atoms with Crippen LogP contribution in [0.5, 0.6) is 0 Å². The molecule has 0 aliphatic rings. The van der Waals surface area contributed by atoms with Crippen molar-refractivity contribution in [2.45, 2.75) is 6.92 Å². The third-order valence-electron chi connectivity index (χ3n) is 2.72. The Hall–Kier alpha value is -1.83. The molecule has 0 saturated heterocycles. The zero-order valence-corrected chi connectivity index (χ0v) is 12.9. The van der Waals surface area contributed by atoms with E-state index in [0.717, 1.165) is 10.0 Å². The number of carbonyl (C=O) groups is 1. The maximum atomic E-state index is 12.2. The van der Waals surface area contributed by atoms with Crippen LogP contribution in [-0.2, 0) is 0 Å². The van der Waals surface area contributed by atoms with Gasteiger partial charge < -0.3 is 5.32 Å². The molecule has 2 aromatic carbocycles. The van der Waals surface area contributed by atoms with Crippen LogP contribution in [0, 0.1) is 18.3 Å². The standard InChI is InChI=1S/C15H10BrClN2O/c1-9-2-5-12(13(17)6-9)15(20)19-14-7-11(16)4-3-10(14)8-18/h2-7H,1H3,(H,19,20). The van der Waals surface area contributed by atoms with Crippen LogP contribution in [0.1, 0.15) is 21.5 Å². The predicted octanol–water partition coefficient (Wildman–Crippen LogP) is 4.53. The van der Waals surface area contributed by atoms with E-state index in [-0.39, 0.29) is 5.91 Å². The molecule has 5 heteroatoms. The molecule has 1 amide bonds. The van der Waals surface area contributed by atoms with Gasteiger partial charge in [0, 0.05) is 4.47 Å². The van der Waals surface area contributed by atoms with Crippen LogP contribution >= 0.6 is 27.5 Å². The van der Waals surface area contributed by atoms with Crippen LogP contribution in [0.3, 0.4) is 0 Å². The molecule has 0 aromatic heterocycles. The molecular weight excluding hydrogens is 340 g/mol. The Kier molecular flexibility index (Phi) is 4.43. The number of hydrogen-bond acceptors (Lipinski definition) is 2. The average Bonchev–Trinajstić information content (AvgIpc) is 2.38. The molecular formula is C15H10BrClN2O. The molecule has 0 heterocycles. The Bertz CT molecular complexity index is 722. The molecule has 1 N–H and O–H groups in total. The molecule has 0 atom stereocenters. The van der Waals surface area contributed by atoms with Gasteiger partial charge in [0.2, 0.25) is 0 Å². The number of hydrogen-bond donors (Lipinski definition) is 1. The number of benzene rings is 2. The van der Waals surface area contributed by atoms with Crippen molar-refractivity contribution in [2.24, 2.45) is 0 Å². The SMILES string of the molecule is Cc1ccc(C(=O)Nc2cc(Br)ccc2C#N)c(Cl)c1. The van der Waals surface area contributed by atoms with E-state index in [1.54, 1.807) is 30.3 Å². The summed E-state index contributed by atoms with van der Waals surface area (Å²) in [5.41, 5.74) is 2.20.